The molecule has 4 nitrogen and oxygen atoms in total. The normalized spacial score (nSPS) is 15.8. The summed E-state index contributed by atoms with van der Waals surface area (Å²) in [5.41, 5.74) is 1.20. The van der Waals surface area contributed by atoms with Gasteiger partial charge in [-0.05, 0) is 37.6 Å². The average molecular weight is 276 g/mol. The summed E-state index contributed by atoms with van der Waals surface area (Å²) in [4.78, 5) is 11.8. The van der Waals surface area contributed by atoms with Gasteiger partial charge >= 0.3 is 0 Å². The van der Waals surface area contributed by atoms with Gasteiger partial charge in [-0.3, -0.25) is 4.79 Å². The van der Waals surface area contributed by atoms with E-state index in [2.05, 4.69) is 10.6 Å². The molecule has 0 bridgehead atoms. The first-order valence-electron chi connectivity index (χ1n) is 7.43. The Morgan fingerprint density at radius 2 is 1.90 bits per heavy atom. The summed E-state index contributed by atoms with van der Waals surface area (Å²) in [6.07, 6.45) is 5.94. The number of benzene rings is 1. The summed E-state index contributed by atoms with van der Waals surface area (Å²) in [6, 6.07) is 8.16. The molecule has 20 heavy (non-hydrogen) atoms. The van der Waals surface area contributed by atoms with Crippen molar-refractivity contribution in [3.05, 3.63) is 29.8 Å². The molecule has 1 aliphatic rings. The van der Waals surface area contributed by atoms with Crippen molar-refractivity contribution in [1.82, 2.24) is 10.6 Å². The van der Waals surface area contributed by atoms with Gasteiger partial charge in [0, 0.05) is 12.6 Å². The fraction of sp³-hybridized carbons (Fsp3) is 0.562. The summed E-state index contributed by atoms with van der Waals surface area (Å²) >= 11 is 0. The van der Waals surface area contributed by atoms with E-state index in [1.165, 1.54) is 24.8 Å². The van der Waals surface area contributed by atoms with E-state index in [0.717, 1.165) is 25.1 Å². The lowest BCUT2D eigenvalue weighted by Crippen LogP contribution is -2.38. The van der Waals surface area contributed by atoms with Gasteiger partial charge in [-0.2, -0.15) is 0 Å². The highest BCUT2D eigenvalue weighted by atomic mass is 16.5. The first-order valence-corrected chi connectivity index (χ1v) is 7.43. The standard InChI is InChI=1S/C16H24N2O2/c1-17-11-13-7-9-15(10-8-13)20-12-16(19)18-14-5-3-2-4-6-14/h7-10,14,17H,2-6,11-12H2,1H3,(H,18,19). The van der Waals surface area contributed by atoms with Crippen molar-refractivity contribution in [1.29, 1.82) is 0 Å². The van der Waals surface area contributed by atoms with E-state index in [4.69, 9.17) is 4.74 Å². The molecule has 1 aliphatic carbocycles. The summed E-state index contributed by atoms with van der Waals surface area (Å²) < 4.78 is 5.51. The maximum Gasteiger partial charge on any atom is 0.258 e. The molecule has 0 radical (unpaired) electrons. The largest absolute Gasteiger partial charge is 0.484 e. The zero-order valence-corrected chi connectivity index (χ0v) is 12.2. The van der Waals surface area contributed by atoms with Gasteiger partial charge in [0.1, 0.15) is 5.75 Å². The maximum atomic E-state index is 11.8. The quantitative estimate of drug-likeness (QED) is 0.837. The number of rotatable bonds is 6. The molecule has 1 aromatic rings. The van der Waals surface area contributed by atoms with E-state index >= 15 is 0 Å². The fourth-order valence-corrected chi connectivity index (χ4v) is 2.57. The number of amides is 1. The summed E-state index contributed by atoms with van der Waals surface area (Å²) in [6.45, 7) is 0.935. The number of nitrogens with one attached hydrogen (secondary N) is 2. The third-order valence-electron chi connectivity index (χ3n) is 3.64. The number of carbonyl (C=O) groups is 1. The van der Waals surface area contributed by atoms with Gasteiger partial charge in [-0.1, -0.05) is 31.4 Å². The van der Waals surface area contributed by atoms with Gasteiger partial charge in [0.2, 0.25) is 0 Å². The fourth-order valence-electron chi connectivity index (χ4n) is 2.57. The molecular formula is C16H24N2O2. The average Bonchev–Trinajstić information content (AvgIpc) is 2.48. The van der Waals surface area contributed by atoms with Crippen LogP contribution in [0.4, 0.5) is 0 Å². The highest BCUT2D eigenvalue weighted by molar-refractivity contribution is 5.77. The SMILES string of the molecule is CNCc1ccc(OCC(=O)NC2CCCCC2)cc1. The Kier molecular flexibility index (Phi) is 5.87. The third-order valence-corrected chi connectivity index (χ3v) is 3.64. The van der Waals surface area contributed by atoms with Crippen LogP contribution < -0.4 is 15.4 Å². The Labute approximate surface area is 120 Å². The van der Waals surface area contributed by atoms with E-state index in [1.807, 2.05) is 31.3 Å². The van der Waals surface area contributed by atoms with Gasteiger partial charge in [0.05, 0.1) is 0 Å². The highest BCUT2D eigenvalue weighted by Gasteiger charge is 2.15. The number of hydrogen-bond acceptors (Lipinski definition) is 3. The predicted octanol–water partition coefficient (Wildman–Crippen LogP) is 2.23. The minimum absolute atomic E-state index is 0.0174. The Hall–Kier alpha value is -1.55. The smallest absolute Gasteiger partial charge is 0.258 e. The third kappa shape index (κ3) is 4.85. The topological polar surface area (TPSA) is 50.4 Å². The van der Waals surface area contributed by atoms with Crippen LogP contribution in [0.25, 0.3) is 0 Å². The molecular weight excluding hydrogens is 252 g/mol. The Bertz CT molecular complexity index is 411. The van der Waals surface area contributed by atoms with E-state index in [9.17, 15) is 4.79 Å². The monoisotopic (exact) mass is 276 g/mol. The van der Waals surface area contributed by atoms with Crippen molar-refractivity contribution in [2.75, 3.05) is 13.7 Å². The number of carbonyl (C=O) groups excluding carboxylic acids is 1. The van der Waals surface area contributed by atoms with Crippen LogP contribution in [0.3, 0.4) is 0 Å². The predicted molar refractivity (Wildman–Crippen MR) is 79.7 cm³/mol. The van der Waals surface area contributed by atoms with Crippen LogP contribution in [-0.2, 0) is 11.3 Å². The molecule has 0 unspecified atom stereocenters. The van der Waals surface area contributed by atoms with Crippen LogP contribution >= 0.6 is 0 Å². The van der Waals surface area contributed by atoms with E-state index in [0.29, 0.717) is 6.04 Å². The molecule has 110 valence electrons. The lowest BCUT2D eigenvalue weighted by atomic mass is 9.95. The minimum atomic E-state index is -0.0174. The second-order valence-electron chi connectivity index (χ2n) is 5.37. The zero-order chi connectivity index (χ0) is 14.2. The Morgan fingerprint density at radius 3 is 2.55 bits per heavy atom. The maximum absolute atomic E-state index is 11.8. The van der Waals surface area contributed by atoms with Crippen LogP contribution in [-0.4, -0.2) is 25.6 Å². The van der Waals surface area contributed by atoms with Crippen molar-refractivity contribution in [2.45, 2.75) is 44.7 Å². The van der Waals surface area contributed by atoms with Crippen LogP contribution in [0.15, 0.2) is 24.3 Å². The first kappa shape index (κ1) is 14.9. The molecule has 4 heteroatoms. The molecule has 1 fully saturated rings. The minimum Gasteiger partial charge on any atom is -0.484 e. The molecule has 1 aromatic carbocycles. The van der Waals surface area contributed by atoms with Crippen LogP contribution in [0.1, 0.15) is 37.7 Å². The molecule has 1 amide bonds. The summed E-state index contributed by atoms with van der Waals surface area (Å²) in [5.74, 6) is 0.722. The van der Waals surface area contributed by atoms with Crippen molar-refractivity contribution in [2.24, 2.45) is 0 Å². The molecule has 2 N–H and O–H groups in total. The van der Waals surface area contributed by atoms with Crippen molar-refractivity contribution in [3.63, 3.8) is 0 Å². The van der Waals surface area contributed by atoms with Crippen LogP contribution in [0.2, 0.25) is 0 Å². The molecule has 0 heterocycles. The van der Waals surface area contributed by atoms with E-state index in [-0.39, 0.29) is 12.5 Å². The molecule has 0 saturated heterocycles. The van der Waals surface area contributed by atoms with E-state index in [1.54, 1.807) is 0 Å². The zero-order valence-electron chi connectivity index (χ0n) is 12.2. The van der Waals surface area contributed by atoms with Gasteiger partial charge in [-0.15, -0.1) is 0 Å². The Balaban J connectivity index is 1.72. The van der Waals surface area contributed by atoms with Gasteiger partial charge in [-0.25, -0.2) is 0 Å². The van der Waals surface area contributed by atoms with Crippen LogP contribution in [0, 0.1) is 0 Å². The van der Waals surface area contributed by atoms with Gasteiger partial charge in [0.15, 0.2) is 6.61 Å². The van der Waals surface area contributed by atoms with E-state index < -0.39 is 0 Å². The summed E-state index contributed by atoms with van der Waals surface area (Å²) in [5, 5.41) is 6.14. The van der Waals surface area contributed by atoms with Crippen LogP contribution in [0.5, 0.6) is 5.75 Å². The van der Waals surface area contributed by atoms with Crippen molar-refractivity contribution in [3.8, 4) is 5.75 Å². The molecule has 0 atom stereocenters. The first-order chi connectivity index (χ1) is 9.78. The molecule has 0 aromatic heterocycles. The lowest BCUT2D eigenvalue weighted by molar-refractivity contribution is -0.124. The number of ether oxygens (including phenoxy) is 1. The molecule has 1 saturated carbocycles. The second kappa shape index (κ2) is 7.90. The Morgan fingerprint density at radius 1 is 1.20 bits per heavy atom. The van der Waals surface area contributed by atoms with Gasteiger partial charge in [0.25, 0.3) is 5.91 Å². The molecule has 0 aliphatic heterocycles. The van der Waals surface area contributed by atoms with Crippen molar-refractivity contribution >= 4 is 5.91 Å². The van der Waals surface area contributed by atoms with Crippen molar-refractivity contribution < 1.29 is 9.53 Å². The van der Waals surface area contributed by atoms with Gasteiger partial charge < -0.3 is 15.4 Å². The number of hydrogen-bond donors (Lipinski definition) is 2. The second-order valence-corrected chi connectivity index (χ2v) is 5.37. The lowest BCUT2D eigenvalue weighted by Gasteiger charge is -2.22. The summed E-state index contributed by atoms with van der Waals surface area (Å²) in [7, 11) is 1.92. The highest BCUT2D eigenvalue weighted by Crippen LogP contribution is 2.17. The molecule has 2 rings (SSSR count). The molecule has 0 spiro atoms.